The van der Waals surface area contributed by atoms with E-state index >= 15 is 0 Å². The number of aliphatic carboxylic acids is 1. The smallest absolute Gasteiger partial charge is 0.329 e. The lowest BCUT2D eigenvalue weighted by Crippen LogP contribution is -2.18. The summed E-state index contributed by atoms with van der Waals surface area (Å²) in [5.74, 6) is 0.0219. The molecule has 4 heteroatoms. The first-order chi connectivity index (χ1) is 8.49. The third kappa shape index (κ3) is 2.82. The van der Waals surface area contributed by atoms with Crippen LogP contribution >= 0.6 is 0 Å². The zero-order valence-corrected chi connectivity index (χ0v) is 10.7. The quantitative estimate of drug-likeness (QED) is 0.812. The Labute approximate surface area is 107 Å². The number of hydrogen-bond acceptors (Lipinski definition) is 3. The lowest BCUT2D eigenvalue weighted by molar-refractivity contribution is -0.142. The lowest BCUT2D eigenvalue weighted by atomic mass is 9.86. The van der Waals surface area contributed by atoms with E-state index < -0.39 is 5.97 Å². The Bertz CT molecular complexity index is 451. The van der Waals surface area contributed by atoms with Crippen LogP contribution in [0, 0.1) is 0 Å². The van der Waals surface area contributed by atoms with Crippen molar-refractivity contribution in [1.29, 1.82) is 0 Å². The number of ether oxygens (including phenoxy) is 2. The number of hydrogen-bond donors (Lipinski definition) is 1. The maximum atomic E-state index is 10.3. The monoisotopic (exact) mass is 250 g/mol. The zero-order valence-electron chi connectivity index (χ0n) is 10.7. The molecule has 98 valence electrons. The van der Waals surface area contributed by atoms with E-state index in [9.17, 15) is 4.79 Å². The average molecular weight is 250 g/mol. The van der Waals surface area contributed by atoms with Crippen molar-refractivity contribution in [2.45, 2.75) is 25.7 Å². The molecule has 0 radical (unpaired) electrons. The molecular formula is C14H18O4. The molecule has 0 unspecified atom stereocenters. The van der Waals surface area contributed by atoms with Gasteiger partial charge in [0.25, 0.3) is 0 Å². The topological polar surface area (TPSA) is 55.8 Å². The Morgan fingerprint density at radius 2 is 2.28 bits per heavy atom. The van der Waals surface area contributed by atoms with E-state index in [1.165, 1.54) is 5.56 Å². The van der Waals surface area contributed by atoms with Crippen LogP contribution in [0.1, 0.15) is 25.0 Å². The third-order valence-electron chi connectivity index (χ3n) is 3.12. The van der Waals surface area contributed by atoms with Gasteiger partial charge in [0.05, 0.1) is 13.2 Å². The van der Waals surface area contributed by atoms with Crippen LogP contribution in [-0.2, 0) is 21.4 Å². The molecule has 0 aromatic heterocycles. The molecule has 1 heterocycles. The summed E-state index contributed by atoms with van der Waals surface area (Å²) >= 11 is 0. The van der Waals surface area contributed by atoms with Crippen molar-refractivity contribution in [2.75, 3.05) is 19.8 Å². The highest BCUT2D eigenvalue weighted by atomic mass is 16.5. The molecule has 0 spiro atoms. The Hall–Kier alpha value is -1.55. The number of carbonyl (C=O) groups is 1. The minimum Gasteiger partial charge on any atom is -0.492 e. The fourth-order valence-electron chi connectivity index (χ4n) is 2.07. The van der Waals surface area contributed by atoms with Crippen LogP contribution in [0.3, 0.4) is 0 Å². The molecule has 0 bridgehead atoms. The molecule has 0 saturated heterocycles. The molecule has 0 atom stereocenters. The molecule has 18 heavy (non-hydrogen) atoms. The van der Waals surface area contributed by atoms with Gasteiger partial charge >= 0.3 is 5.97 Å². The van der Waals surface area contributed by atoms with E-state index in [2.05, 4.69) is 19.9 Å². The highest BCUT2D eigenvalue weighted by Gasteiger charge is 2.31. The molecule has 0 amide bonds. The highest BCUT2D eigenvalue weighted by Crippen LogP contribution is 2.38. The zero-order chi connectivity index (χ0) is 13.2. The van der Waals surface area contributed by atoms with Crippen LogP contribution in [0.4, 0.5) is 0 Å². The van der Waals surface area contributed by atoms with Gasteiger partial charge in [0.15, 0.2) is 0 Å². The maximum Gasteiger partial charge on any atom is 0.329 e. The van der Waals surface area contributed by atoms with Crippen LogP contribution in [0.25, 0.3) is 0 Å². The van der Waals surface area contributed by atoms with Gasteiger partial charge in [0.1, 0.15) is 12.4 Å². The van der Waals surface area contributed by atoms with Gasteiger partial charge in [-0.15, -0.1) is 0 Å². The number of carboxylic acid groups (broad SMARTS) is 1. The predicted molar refractivity (Wildman–Crippen MR) is 67.1 cm³/mol. The van der Waals surface area contributed by atoms with Crippen molar-refractivity contribution in [3.8, 4) is 5.75 Å². The Kier molecular flexibility index (Phi) is 3.57. The summed E-state index contributed by atoms with van der Waals surface area (Å²) in [4.78, 5) is 10.3. The number of fused-ring (bicyclic) bond motifs is 1. The van der Waals surface area contributed by atoms with Gasteiger partial charge in [-0.1, -0.05) is 26.0 Å². The molecule has 1 aliphatic rings. The summed E-state index contributed by atoms with van der Waals surface area (Å²) in [5, 5.41) is 8.46. The molecule has 1 aromatic carbocycles. The summed E-state index contributed by atoms with van der Waals surface area (Å²) < 4.78 is 10.7. The van der Waals surface area contributed by atoms with Crippen molar-refractivity contribution in [1.82, 2.24) is 0 Å². The first-order valence-electron chi connectivity index (χ1n) is 6.05. The fraction of sp³-hybridized carbons (Fsp3) is 0.500. The molecule has 0 aliphatic carbocycles. The normalized spacial score (nSPS) is 16.1. The summed E-state index contributed by atoms with van der Waals surface area (Å²) in [6, 6.07) is 6.12. The fourth-order valence-corrected chi connectivity index (χ4v) is 2.07. The highest BCUT2D eigenvalue weighted by molar-refractivity contribution is 5.67. The van der Waals surface area contributed by atoms with Crippen molar-refractivity contribution in [3.63, 3.8) is 0 Å². The van der Waals surface area contributed by atoms with Crippen LogP contribution < -0.4 is 4.74 Å². The van der Waals surface area contributed by atoms with Gasteiger partial charge < -0.3 is 14.6 Å². The van der Waals surface area contributed by atoms with Gasteiger partial charge in [-0.25, -0.2) is 4.79 Å². The van der Waals surface area contributed by atoms with Crippen LogP contribution in [0.15, 0.2) is 18.2 Å². The van der Waals surface area contributed by atoms with Crippen LogP contribution in [-0.4, -0.2) is 30.9 Å². The summed E-state index contributed by atoms with van der Waals surface area (Å²) in [6.45, 7) is 5.21. The minimum absolute atomic E-state index is 0.0489. The second kappa shape index (κ2) is 4.98. The van der Waals surface area contributed by atoms with E-state index in [4.69, 9.17) is 14.6 Å². The van der Waals surface area contributed by atoms with Crippen molar-refractivity contribution < 1.29 is 19.4 Å². The van der Waals surface area contributed by atoms with Crippen LogP contribution in [0.5, 0.6) is 5.75 Å². The minimum atomic E-state index is -0.932. The van der Waals surface area contributed by atoms with Crippen molar-refractivity contribution >= 4 is 5.97 Å². The number of carboxylic acids is 1. The number of rotatable bonds is 5. The van der Waals surface area contributed by atoms with E-state index in [1.807, 2.05) is 12.1 Å². The standard InChI is InChI=1S/C14H18O4/c1-14(2)9-18-12-4-3-10(7-11(12)14)5-6-17-8-13(15)16/h3-4,7H,5-6,8-9H2,1-2H3,(H,15,16). The first-order valence-corrected chi connectivity index (χ1v) is 6.05. The van der Waals surface area contributed by atoms with Crippen LogP contribution in [0.2, 0.25) is 0 Å². The summed E-state index contributed by atoms with van der Waals surface area (Å²) in [5.41, 5.74) is 2.42. The maximum absolute atomic E-state index is 10.3. The molecule has 0 fully saturated rings. The molecule has 4 nitrogen and oxygen atoms in total. The molecule has 1 aromatic rings. The molecule has 1 aliphatic heterocycles. The Morgan fingerprint density at radius 1 is 1.50 bits per heavy atom. The van der Waals surface area contributed by atoms with E-state index in [0.717, 1.165) is 17.7 Å². The second-order valence-corrected chi connectivity index (χ2v) is 5.20. The first kappa shape index (κ1) is 12.9. The van der Waals surface area contributed by atoms with Gasteiger partial charge in [-0.05, 0) is 18.1 Å². The van der Waals surface area contributed by atoms with Gasteiger partial charge in [0.2, 0.25) is 0 Å². The van der Waals surface area contributed by atoms with Crippen molar-refractivity contribution in [2.24, 2.45) is 0 Å². The van der Waals surface area contributed by atoms with E-state index in [0.29, 0.717) is 13.2 Å². The second-order valence-electron chi connectivity index (χ2n) is 5.20. The average Bonchev–Trinajstić information content (AvgIpc) is 2.61. The predicted octanol–water partition coefficient (Wildman–Crippen LogP) is 2.00. The van der Waals surface area contributed by atoms with Crippen molar-refractivity contribution in [3.05, 3.63) is 29.3 Å². The summed E-state index contributed by atoms with van der Waals surface area (Å²) in [6.07, 6.45) is 0.719. The van der Waals surface area contributed by atoms with Gasteiger partial charge in [0, 0.05) is 11.0 Å². The van der Waals surface area contributed by atoms with E-state index in [1.54, 1.807) is 0 Å². The largest absolute Gasteiger partial charge is 0.492 e. The van der Waals surface area contributed by atoms with Gasteiger partial charge in [-0.2, -0.15) is 0 Å². The van der Waals surface area contributed by atoms with Gasteiger partial charge in [-0.3, -0.25) is 0 Å². The van der Waals surface area contributed by atoms with E-state index in [-0.39, 0.29) is 12.0 Å². The summed E-state index contributed by atoms with van der Waals surface area (Å²) in [7, 11) is 0. The number of benzene rings is 1. The molecule has 2 rings (SSSR count). The lowest BCUT2D eigenvalue weighted by Gasteiger charge is -2.15. The third-order valence-corrected chi connectivity index (χ3v) is 3.12. The Balaban J connectivity index is 1.97. The Morgan fingerprint density at radius 3 is 3.00 bits per heavy atom. The molecule has 0 saturated carbocycles. The molecule has 1 N–H and O–H groups in total. The SMILES string of the molecule is CC1(C)COc2ccc(CCOCC(=O)O)cc21. The molecular weight excluding hydrogens is 232 g/mol.